The van der Waals surface area contributed by atoms with E-state index in [9.17, 15) is 14.7 Å². The zero-order valence-electron chi connectivity index (χ0n) is 10.6. The minimum atomic E-state index is -0.958. The molecule has 1 saturated heterocycles. The van der Waals surface area contributed by atoms with Crippen molar-refractivity contribution in [3.63, 3.8) is 0 Å². The fraction of sp³-hybridized carbons (Fsp3) is 0.429. The number of carboxylic acids is 1. The summed E-state index contributed by atoms with van der Waals surface area (Å²) in [6, 6.07) is 9.58. The molecule has 0 bridgehead atoms. The highest BCUT2D eigenvalue weighted by atomic mass is 16.4. The summed E-state index contributed by atoms with van der Waals surface area (Å²) in [7, 11) is 0. The molecule has 4 nitrogen and oxygen atoms in total. The van der Waals surface area contributed by atoms with Gasteiger partial charge in [0.2, 0.25) is 5.91 Å². The number of hydrogen-bond acceptors (Lipinski definition) is 2. The van der Waals surface area contributed by atoms with Crippen LogP contribution in [0.3, 0.4) is 0 Å². The van der Waals surface area contributed by atoms with E-state index in [4.69, 9.17) is 0 Å². The number of hydrogen-bond donors (Lipinski definition) is 1. The first-order valence-electron chi connectivity index (χ1n) is 6.02. The first kappa shape index (κ1) is 12.6. The van der Waals surface area contributed by atoms with E-state index in [1.54, 1.807) is 11.8 Å². The Morgan fingerprint density at radius 2 is 2.00 bits per heavy atom. The molecule has 1 aliphatic heterocycles. The molecule has 2 atom stereocenters. The third kappa shape index (κ3) is 2.10. The molecule has 2 rings (SSSR count). The van der Waals surface area contributed by atoms with Crippen LogP contribution in [-0.2, 0) is 9.59 Å². The van der Waals surface area contributed by atoms with E-state index in [0.717, 1.165) is 5.56 Å². The minimum Gasteiger partial charge on any atom is -0.481 e. The molecular formula is C14H17NO3. The first-order valence-corrected chi connectivity index (χ1v) is 6.02. The fourth-order valence-corrected chi connectivity index (χ4v) is 2.36. The van der Waals surface area contributed by atoms with Gasteiger partial charge < -0.3 is 10.0 Å². The maximum absolute atomic E-state index is 12.0. The Labute approximate surface area is 106 Å². The molecule has 0 spiro atoms. The summed E-state index contributed by atoms with van der Waals surface area (Å²) in [5, 5.41) is 9.18. The van der Waals surface area contributed by atoms with Gasteiger partial charge in [-0.3, -0.25) is 9.59 Å². The Balaban J connectivity index is 2.21. The van der Waals surface area contributed by atoms with E-state index in [-0.39, 0.29) is 24.9 Å². The highest BCUT2D eigenvalue weighted by Crippen LogP contribution is 2.36. The third-order valence-electron chi connectivity index (χ3n) is 3.65. The van der Waals surface area contributed by atoms with Gasteiger partial charge in [0, 0.05) is 13.0 Å². The van der Waals surface area contributed by atoms with Crippen LogP contribution in [0.15, 0.2) is 30.3 Å². The second-order valence-electron chi connectivity index (χ2n) is 5.15. The molecule has 1 amide bonds. The van der Waals surface area contributed by atoms with Crippen LogP contribution in [0.1, 0.15) is 31.9 Å². The number of benzene rings is 1. The zero-order chi connectivity index (χ0) is 13.3. The molecule has 0 radical (unpaired) electrons. The van der Waals surface area contributed by atoms with Gasteiger partial charge in [-0.2, -0.15) is 0 Å². The average Bonchev–Trinajstić information content (AvgIpc) is 2.66. The molecule has 0 saturated carbocycles. The normalized spacial score (nSPS) is 25.2. The molecule has 1 N–H and O–H groups in total. The van der Waals surface area contributed by atoms with Gasteiger partial charge in [0.25, 0.3) is 0 Å². The molecule has 0 aromatic heterocycles. The number of carboxylic acid groups (broad SMARTS) is 1. The van der Waals surface area contributed by atoms with E-state index < -0.39 is 11.4 Å². The molecule has 1 aromatic carbocycles. The molecule has 1 unspecified atom stereocenters. The predicted molar refractivity (Wildman–Crippen MR) is 66.9 cm³/mol. The molecule has 18 heavy (non-hydrogen) atoms. The number of amides is 1. The second-order valence-corrected chi connectivity index (χ2v) is 5.15. The van der Waals surface area contributed by atoms with Crippen molar-refractivity contribution in [1.82, 2.24) is 4.90 Å². The Morgan fingerprint density at radius 1 is 1.39 bits per heavy atom. The molecule has 96 valence electrons. The van der Waals surface area contributed by atoms with Gasteiger partial charge in [0.15, 0.2) is 0 Å². The molecule has 1 heterocycles. The van der Waals surface area contributed by atoms with Crippen molar-refractivity contribution < 1.29 is 14.7 Å². The molecule has 1 aliphatic rings. The SMILES string of the molecule is C[C@H](c1ccccc1)N1CC(C)(C(=O)O)CC1=O. The highest BCUT2D eigenvalue weighted by molar-refractivity contribution is 5.89. The number of aliphatic carboxylic acids is 1. The molecule has 1 aromatic rings. The maximum Gasteiger partial charge on any atom is 0.311 e. The van der Waals surface area contributed by atoms with Gasteiger partial charge in [0.05, 0.1) is 11.5 Å². The number of nitrogens with zero attached hydrogens (tertiary/aromatic N) is 1. The second kappa shape index (κ2) is 4.44. The van der Waals surface area contributed by atoms with Crippen LogP contribution in [0.25, 0.3) is 0 Å². The monoisotopic (exact) mass is 247 g/mol. The number of rotatable bonds is 3. The lowest BCUT2D eigenvalue weighted by Crippen LogP contribution is -2.33. The van der Waals surface area contributed by atoms with E-state index in [1.807, 2.05) is 37.3 Å². The van der Waals surface area contributed by atoms with Crippen molar-refractivity contribution in [2.24, 2.45) is 5.41 Å². The molecule has 0 aliphatic carbocycles. The van der Waals surface area contributed by atoms with Crippen molar-refractivity contribution in [2.45, 2.75) is 26.3 Å². The van der Waals surface area contributed by atoms with Crippen molar-refractivity contribution in [1.29, 1.82) is 0 Å². The van der Waals surface area contributed by atoms with Crippen LogP contribution in [0.4, 0.5) is 0 Å². The van der Waals surface area contributed by atoms with Crippen LogP contribution >= 0.6 is 0 Å². The average molecular weight is 247 g/mol. The number of likely N-dealkylation sites (tertiary alicyclic amines) is 1. The van der Waals surface area contributed by atoms with Crippen molar-refractivity contribution in [3.05, 3.63) is 35.9 Å². The van der Waals surface area contributed by atoms with Gasteiger partial charge in [-0.05, 0) is 19.4 Å². The van der Waals surface area contributed by atoms with Gasteiger partial charge in [-0.15, -0.1) is 0 Å². The van der Waals surface area contributed by atoms with Gasteiger partial charge in [-0.25, -0.2) is 0 Å². The number of carbonyl (C=O) groups is 2. The van der Waals surface area contributed by atoms with E-state index in [2.05, 4.69) is 0 Å². The molecular weight excluding hydrogens is 230 g/mol. The van der Waals surface area contributed by atoms with E-state index in [0.29, 0.717) is 0 Å². The van der Waals surface area contributed by atoms with Crippen LogP contribution in [0.5, 0.6) is 0 Å². The summed E-state index contributed by atoms with van der Waals surface area (Å²) >= 11 is 0. The van der Waals surface area contributed by atoms with E-state index >= 15 is 0 Å². The fourth-order valence-electron chi connectivity index (χ4n) is 2.36. The largest absolute Gasteiger partial charge is 0.481 e. The summed E-state index contributed by atoms with van der Waals surface area (Å²) < 4.78 is 0. The first-order chi connectivity index (χ1) is 8.44. The maximum atomic E-state index is 12.0. The number of carbonyl (C=O) groups excluding carboxylic acids is 1. The Morgan fingerprint density at radius 3 is 2.50 bits per heavy atom. The quantitative estimate of drug-likeness (QED) is 0.889. The Kier molecular flexibility index (Phi) is 3.11. The summed E-state index contributed by atoms with van der Waals surface area (Å²) in [6.45, 7) is 3.84. The lowest BCUT2D eigenvalue weighted by atomic mass is 9.90. The van der Waals surface area contributed by atoms with Gasteiger partial charge >= 0.3 is 5.97 Å². The van der Waals surface area contributed by atoms with Gasteiger partial charge in [0.1, 0.15) is 0 Å². The van der Waals surface area contributed by atoms with Crippen LogP contribution < -0.4 is 0 Å². The lowest BCUT2D eigenvalue weighted by Gasteiger charge is -2.26. The van der Waals surface area contributed by atoms with E-state index in [1.165, 1.54) is 0 Å². The predicted octanol–water partition coefficient (Wildman–Crippen LogP) is 2.07. The summed E-state index contributed by atoms with van der Waals surface area (Å²) in [5.41, 5.74) is 0.0700. The van der Waals surface area contributed by atoms with Gasteiger partial charge in [-0.1, -0.05) is 30.3 Å². The van der Waals surface area contributed by atoms with Crippen LogP contribution in [0.2, 0.25) is 0 Å². The van der Waals surface area contributed by atoms with Crippen molar-refractivity contribution in [3.8, 4) is 0 Å². The van der Waals surface area contributed by atoms with Crippen LogP contribution in [-0.4, -0.2) is 28.4 Å². The van der Waals surface area contributed by atoms with Crippen LogP contribution in [0, 0.1) is 5.41 Å². The summed E-state index contributed by atoms with van der Waals surface area (Å²) in [5.74, 6) is -0.991. The Bertz CT molecular complexity index is 471. The molecule has 4 heteroatoms. The zero-order valence-corrected chi connectivity index (χ0v) is 10.6. The van der Waals surface area contributed by atoms with Crippen molar-refractivity contribution in [2.75, 3.05) is 6.54 Å². The Hall–Kier alpha value is -1.84. The summed E-state index contributed by atoms with van der Waals surface area (Å²) in [6.07, 6.45) is 0.0828. The highest BCUT2D eigenvalue weighted by Gasteiger charge is 2.46. The third-order valence-corrected chi connectivity index (χ3v) is 3.65. The lowest BCUT2D eigenvalue weighted by molar-refractivity contribution is -0.147. The smallest absolute Gasteiger partial charge is 0.311 e. The standard InChI is InChI=1S/C14H17NO3/c1-10(11-6-4-3-5-7-11)15-9-14(2,13(17)18)8-12(15)16/h3-7,10H,8-9H2,1-2H3,(H,17,18)/t10-,14?/m1/s1. The topological polar surface area (TPSA) is 57.6 Å². The molecule has 1 fully saturated rings. The summed E-state index contributed by atoms with van der Waals surface area (Å²) in [4.78, 5) is 24.8. The minimum absolute atomic E-state index is 0.0828. The van der Waals surface area contributed by atoms with Crippen molar-refractivity contribution >= 4 is 11.9 Å².